The molecule has 0 aliphatic heterocycles. The number of carbonyl (C=O) groups is 2. The zero-order valence-electron chi connectivity index (χ0n) is 16.5. The molecule has 2 heterocycles. The molecule has 7 nitrogen and oxygen atoms in total. The molecule has 0 spiro atoms. The molecule has 0 saturated heterocycles. The Kier molecular flexibility index (Phi) is 5.22. The van der Waals surface area contributed by atoms with Crippen LogP contribution in [0.15, 0.2) is 6.07 Å². The zero-order chi connectivity index (χ0) is 19.8. The van der Waals surface area contributed by atoms with Crippen molar-refractivity contribution in [3.8, 4) is 0 Å². The third kappa shape index (κ3) is 4.28. The van der Waals surface area contributed by atoms with Gasteiger partial charge in [0, 0.05) is 24.6 Å². The van der Waals surface area contributed by atoms with Crippen LogP contribution in [-0.2, 0) is 10.3 Å². The molecule has 7 heteroatoms. The van der Waals surface area contributed by atoms with Gasteiger partial charge in [0.15, 0.2) is 5.65 Å². The van der Waals surface area contributed by atoms with Gasteiger partial charge in [0.2, 0.25) is 0 Å². The lowest BCUT2D eigenvalue weighted by Gasteiger charge is -2.20. The highest BCUT2D eigenvalue weighted by Crippen LogP contribution is 2.40. The molecule has 27 heavy (non-hydrogen) atoms. The number of unbranched alkanes of at least 4 members (excludes halogenated alkanes) is 1. The van der Waals surface area contributed by atoms with Gasteiger partial charge in [0.25, 0.3) is 5.91 Å². The summed E-state index contributed by atoms with van der Waals surface area (Å²) >= 11 is 0. The number of rotatable bonds is 7. The van der Waals surface area contributed by atoms with Crippen molar-refractivity contribution in [3.63, 3.8) is 0 Å². The third-order valence-corrected chi connectivity index (χ3v) is 4.81. The standard InChI is InChI=1S/C20H28N4O3/c1-12-17-14(19(27)21-10-6-5-7-16(25)26)11-15(13-8-9-13)22-18(17)24(23-12)20(2,3)4/h11,13H,5-10H2,1-4H3,(H,21,27)(H,25,26). The molecule has 0 bridgehead atoms. The smallest absolute Gasteiger partial charge is 0.303 e. The summed E-state index contributed by atoms with van der Waals surface area (Å²) in [5.74, 6) is -0.521. The quantitative estimate of drug-likeness (QED) is 0.727. The first-order chi connectivity index (χ1) is 12.7. The molecule has 1 aliphatic carbocycles. The largest absolute Gasteiger partial charge is 0.481 e. The maximum atomic E-state index is 12.9. The fraction of sp³-hybridized carbons (Fsp3) is 0.600. The topological polar surface area (TPSA) is 97.1 Å². The molecule has 2 N–H and O–H groups in total. The summed E-state index contributed by atoms with van der Waals surface area (Å²) in [6, 6.07) is 1.91. The highest BCUT2D eigenvalue weighted by Gasteiger charge is 2.30. The van der Waals surface area contributed by atoms with Crippen LogP contribution in [-0.4, -0.2) is 38.3 Å². The normalized spacial score (nSPS) is 14.5. The molecule has 2 aromatic rings. The number of aromatic nitrogens is 3. The summed E-state index contributed by atoms with van der Waals surface area (Å²) in [6.45, 7) is 8.60. The molecule has 0 atom stereocenters. The van der Waals surface area contributed by atoms with Crippen LogP contribution in [0.25, 0.3) is 11.0 Å². The number of aliphatic carboxylic acids is 1. The molecule has 1 aliphatic rings. The van der Waals surface area contributed by atoms with E-state index in [4.69, 9.17) is 10.1 Å². The maximum Gasteiger partial charge on any atom is 0.303 e. The number of carboxylic acids is 1. The van der Waals surface area contributed by atoms with Crippen molar-refractivity contribution in [2.24, 2.45) is 0 Å². The molecule has 146 valence electrons. The Morgan fingerprint density at radius 1 is 1.30 bits per heavy atom. The monoisotopic (exact) mass is 372 g/mol. The van der Waals surface area contributed by atoms with Crippen LogP contribution < -0.4 is 5.32 Å². The summed E-state index contributed by atoms with van der Waals surface area (Å²) in [7, 11) is 0. The highest BCUT2D eigenvalue weighted by atomic mass is 16.4. The summed E-state index contributed by atoms with van der Waals surface area (Å²) in [5, 5.41) is 17.1. The Morgan fingerprint density at radius 3 is 2.59 bits per heavy atom. The van der Waals surface area contributed by atoms with Gasteiger partial charge in [-0.05, 0) is 59.4 Å². The molecular weight excluding hydrogens is 344 g/mol. The minimum absolute atomic E-state index is 0.124. The third-order valence-electron chi connectivity index (χ3n) is 4.81. The zero-order valence-corrected chi connectivity index (χ0v) is 16.5. The minimum Gasteiger partial charge on any atom is -0.481 e. The molecule has 0 aromatic carbocycles. The number of hydrogen-bond donors (Lipinski definition) is 2. The minimum atomic E-state index is -0.809. The van der Waals surface area contributed by atoms with Gasteiger partial charge in [0.05, 0.1) is 22.2 Å². The number of carbonyl (C=O) groups excluding carboxylic acids is 1. The summed E-state index contributed by atoms with van der Waals surface area (Å²) in [5.41, 5.74) is 2.91. The van der Waals surface area contributed by atoms with E-state index < -0.39 is 5.97 Å². The molecule has 1 fully saturated rings. The number of pyridine rings is 1. The lowest BCUT2D eigenvalue weighted by molar-refractivity contribution is -0.137. The Labute approximate surface area is 159 Å². The second-order valence-electron chi connectivity index (χ2n) is 8.34. The second kappa shape index (κ2) is 7.29. The van der Waals surface area contributed by atoms with E-state index in [-0.39, 0.29) is 17.9 Å². The molecule has 3 rings (SSSR count). The fourth-order valence-corrected chi connectivity index (χ4v) is 3.24. The molecule has 1 saturated carbocycles. The fourth-order valence-electron chi connectivity index (χ4n) is 3.24. The number of aryl methyl sites for hydroxylation is 1. The lowest BCUT2D eigenvalue weighted by Crippen LogP contribution is -2.26. The van der Waals surface area contributed by atoms with Crippen LogP contribution in [0.5, 0.6) is 0 Å². The molecular formula is C20H28N4O3. The van der Waals surface area contributed by atoms with Crippen molar-refractivity contribution < 1.29 is 14.7 Å². The van der Waals surface area contributed by atoms with E-state index >= 15 is 0 Å². The Balaban J connectivity index is 1.90. The predicted octanol–water partition coefficient (Wildman–Crippen LogP) is 3.36. The number of carboxylic acid groups (broad SMARTS) is 1. The number of hydrogen-bond acceptors (Lipinski definition) is 4. The van der Waals surface area contributed by atoms with Crippen molar-refractivity contribution in [2.45, 2.75) is 71.3 Å². The summed E-state index contributed by atoms with van der Waals surface area (Å²) in [4.78, 5) is 28.3. The van der Waals surface area contributed by atoms with Crippen LogP contribution in [0, 0.1) is 6.92 Å². The number of nitrogens with zero attached hydrogens (tertiary/aromatic N) is 3. The summed E-state index contributed by atoms with van der Waals surface area (Å²) < 4.78 is 1.91. The number of amides is 1. The highest BCUT2D eigenvalue weighted by molar-refractivity contribution is 6.06. The van der Waals surface area contributed by atoms with Gasteiger partial charge in [-0.3, -0.25) is 9.59 Å². The van der Waals surface area contributed by atoms with Crippen molar-refractivity contribution in [1.82, 2.24) is 20.1 Å². The van der Waals surface area contributed by atoms with E-state index in [1.54, 1.807) is 0 Å². The van der Waals surface area contributed by atoms with Gasteiger partial charge < -0.3 is 10.4 Å². The SMILES string of the molecule is Cc1nn(C(C)(C)C)c2nc(C3CC3)cc(C(=O)NCCCCC(=O)O)c12. The van der Waals surface area contributed by atoms with Gasteiger partial charge in [-0.25, -0.2) is 9.67 Å². The number of fused-ring (bicyclic) bond motifs is 1. The maximum absolute atomic E-state index is 12.9. The van der Waals surface area contributed by atoms with Crippen molar-refractivity contribution >= 4 is 22.9 Å². The van der Waals surface area contributed by atoms with Crippen molar-refractivity contribution in [1.29, 1.82) is 0 Å². The van der Waals surface area contributed by atoms with Crippen molar-refractivity contribution in [2.75, 3.05) is 6.54 Å². The Bertz CT molecular complexity index is 875. The van der Waals surface area contributed by atoms with E-state index in [1.807, 2.05) is 17.7 Å². The van der Waals surface area contributed by atoms with Gasteiger partial charge in [-0.1, -0.05) is 0 Å². The first kappa shape index (κ1) is 19.3. The lowest BCUT2D eigenvalue weighted by atomic mass is 10.1. The van der Waals surface area contributed by atoms with E-state index in [0.717, 1.165) is 35.3 Å². The van der Waals surface area contributed by atoms with E-state index in [9.17, 15) is 9.59 Å². The van der Waals surface area contributed by atoms with E-state index in [2.05, 4.69) is 31.2 Å². The van der Waals surface area contributed by atoms with Crippen LogP contribution in [0.4, 0.5) is 0 Å². The Hall–Kier alpha value is -2.44. The first-order valence-electron chi connectivity index (χ1n) is 9.59. The van der Waals surface area contributed by atoms with Crippen LogP contribution in [0.2, 0.25) is 0 Å². The molecule has 1 amide bonds. The first-order valence-corrected chi connectivity index (χ1v) is 9.59. The van der Waals surface area contributed by atoms with Gasteiger partial charge in [-0.15, -0.1) is 0 Å². The van der Waals surface area contributed by atoms with Gasteiger partial charge >= 0.3 is 5.97 Å². The van der Waals surface area contributed by atoms with Crippen LogP contribution >= 0.6 is 0 Å². The second-order valence-corrected chi connectivity index (χ2v) is 8.34. The predicted molar refractivity (Wildman–Crippen MR) is 103 cm³/mol. The molecule has 0 radical (unpaired) electrons. The average Bonchev–Trinajstić information content (AvgIpc) is 3.36. The van der Waals surface area contributed by atoms with Crippen molar-refractivity contribution in [3.05, 3.63) is 23.0 Å². The van der Waals surface area contributed by atoms with Gasteiger partial charge in [-0.2, -0.15) is 5.10 Å². The molecule has 2 aromatic heterocycles. The summed E-state index contributed by atoms with van der Waals surface area (Å²) in [6.07, 6.45) is 3.53. The van der Waals surface area contributed by atoms with Crippen LogP contribution in [0.1, 0.15) is 80.5 Å². The van der Waals surface area contributed by atoms with Crippen LogP contribution in [0.3, 0.4) is 0 Å². The molecule has 0 unspecified atom stereocenters. The van der Waals surface area contributed by atoms with E-state index in [1.165, 1.54) is 0 Å². The van der Waals surface area contributed by atoms with Gasteiger partial charge in [0.1, 0.15) is 0 Å². The van der Waals surface area contributed by atoms with E-state index in [0.29, 0.717) is 30.9 Å². The number of nitrogens with one attached hydrogen (secondary N) is 1. The Morgan fingerprint density at radius 2 is 2.00 bits per heavy atom. The average molecular weight is 372 g/mol.